The number of alkyl halides is 3. The number of carbonyl (C=O) groups excluding carboxylic acids is 1. The Labute approximate surface area is 121 Å². The van der Waals surface area contributed by atoms with E-state index in [1.54, 1.807) is 13.0 Å². The molecule has 1 aliphatic carbocycles. The van der Waals surface area contributed by atoms with E-state index in [-0.39, 0.29) is 17.6 Å². The van der Waals surface area contributed by atoms with Crippen molar-refractivity contribution in [3.63, 3.8) is 0 Å². The van der Waals surface area contributed by atoms with Gasteiger partial charge in [-0.25, -0.2) is 4.79 Å². The van der Waals surface area contributed by atoms with Crippen molar-refractivity contribution in [1.82, 2.24) is 0 Å². The standard InChI is InChI=1S/C16H17F3O2/c1-4-15(21-14(20)10(2)3)9-8-11-12(15)6-5-7-13(11)16(17,18)19/h5-7H,2,4,8-9H2,1,3H3. The third-order valence-electron chi connectivity index (χ3n) is 3.96. The van der Waals surface area contributed by atoms with Crippen molar-refractivity contribution in [2.24, 2.45) is 0 Å². The number of halogens is 3. The SMILES string of the molecule is C=C(C)C(=O)OC1(CC)CCc2c(C(F)(F)F)cccc21. The van der Waals surface area contributed by atoms with Crippen molar-refractivity contribution in [2.45, 2.75) is 44.9 Å². The van der Waals surface area contributed by atoms with Gasteiger partial charge in [0.25, 0.3) is 0 Å². The van der Waals surface area contributed by atoms with Gasteiger partial charge < -0.3 is 4.74 Å². The molecule has 0 heterocycles. The van der Waals surface area contributed by atoms with Crippen LogP contribution in [0.3, 0.4) is 0 Å². The molecule has 0 saturated heterocycles. The van der Waals surface area contributed by atoms with Gasteiger partial charge in [0, 0.05) is 5.57 Å². The van der Waals surface area contributed by atoms with Crippen LogP contribution in [0.5, 0.6) is 0 Å². The van der Waals surface area contributed by atoms with E-state index in [1.807, 2.05) is 0 Å². The van der Waals surface area contributed by atoms with E-state index in [2.05, 4.69) is 6.58 Å². The molecule has 2 nitrogen and oxygen atoms in total. The number of fused-ring (bicyclic) bond motifs is 1. The van der Waals surface area contributed by atoms with E-state index in [1.165, 1.54) is 13.0 Å². The Morgan fingerprint density at radius 1 is 1.43 bits per heavy atom. The summed E-state index contributed by atoms with van der Waals surface area (Å²) in [5, 5.41) is 0. The van der Waals surface area contributed by atoms with Crippen molar-refractivity contribution < 1.29 is 22.7 Å². The first-order chi connectivity index (χ1) is 9.71. The van der Waals surface area contributed by atoms with Gasteiger partial charge >= 0.3 is 12.1 Å². The molecule has 2 rings (SSSR count). The van der Waals surface area contributed by atoms with Gasteiger partial charge in [-0.2, -0.15) is 13.2 Å². The minimum Gasteiger partial charge on any atom is -0.451 e. The molecule has 5 heteroatoms. The molecule has 1 aliphatic rings. The van der Waals surface area contributed by atoms with Crippen LogP contribution in [0.4, 0.5) is 13.2 Å². The number of hydrogen-bond acceptors (Lipinski definition) is 2. The summed E-state index contributed by atoms with van der Waals surface area (Å²) >= 11 is 0. The zero-order chi connectivity index (χ0) is 15.8. The highest BCUT2D eigenvalue weighted by Gasteiger charge is 2.45. The molecule has 0 saturated carbocycles. The van der Waals surface area contributed by atoms with Gasteiger partial charge in [-0.05, 0) is 43.4 Å². The second kappa shape index (κ2) is 5.20. The number of hydrogen-bond donors (Lipinski definition) is 0. The number of carbonyl (C=O) groups is 1. The Hall–Kier alpha value is -1.78. The van der Waals surface area contributed by atoms with E-state index < -0.39 is 23.3 Å². The van der Waals surface area contributed by atoms with Crippen LogP contribution in [-0.2, 0) is 27.7 Å². The summed E-state index contributed by atoms with van der Waals surface area (Å²) in [4.78, 5) is 11.8. The van der Waals surface area contributed by atoms with Crippen molar-refractivity contribution >= 4 is 5.97 Å². The van der Waals surface area contributed by atoms with E-state index in [0.29, 0.717) is 18.4 Å². The smallest absolute Gasteiger partial charge is 0.416 e. The van der Waals surface area contributed by atoms with E-state index in [0.717, 1.165) is 6.07 Å². The summed E-state index contributed by atoms with van der Waals surface area (Å²) in [6, 6.07) is 4.06. The Morgan fingerprint density at radius 2 is 2.10 bits per heavy atom. The van der Waals surface area contributed by atoms with Crippen molar-refractivity contribution in [3.8, 4) is 0 Å². The molecule has 0 spiro atoms. The summed E-state index contributed by atoms with van der Waals surface area (Å²) in [6.45, 7) is 6.85. The predicted octanol–water partition coefficient (Wildman–Crippen LogP) is 4.38. The minimum absolute atomic E-state index is 0.237. The van der Waals surface area contributed by atoms with Crippen LogP contribution in [0.15, 0.2) is 30.4 Å². The first-order valence-electron chi connectivity index (χ1n) is 6.79. The molecule has 0 amide bonds. The topological polar surface area (TPSA) is 26.3 Å². The summed E-state index contributed by atoms with van der Waals surface area (Å²) in [5.41, 5.74) is -0.673. The molecule has 0 aliphatic heterocycles. The molecule has 1 atom stereocenters. The molecular weight excluding hydrogens is 281 g/mol. The van der Waals surface area contributed by atoms with Crippen LogP contribution in [0.2, 0.25) is 0 Å². The fourth-order valence-electron chi connectivity index (χ4n) is 2.82. The third kappa shape index (κ3) is 2.69. The van der Waals surface area contributed by atoms with Gasteiger partial charge in [-0.3, -0.25) is 0 Å². The summed E-state index contributed by atoms with van der Waals surface area (Å²) in [6.07, 6.45) is -3.35. The zero-order valence-corrected chi connectivity index (χ0v) is 12.0. The lowest BCUT2D eigenvalue weighted by Gasteiger charge is -2.29. The summed E-state index contributed by atoms with van der Waals surface area (Å²) in [5.74, 6) is -0.567. The molecule has 21 heavy (non-hydrogen) atoms. The highest BCUT2D eigenvalue weighted by atomic mass is 19.4. The van der Waals surface area contributed by atoms with Crippen molar-refractivity contribution in [1.29, 1.82) is 0 Å². The second-order valence-corrected chi connectivity index (χ2v) is 5.35. The van der Waals surface area contributed by atoms with E-state index in [9.17, 15) is 18.0 Å². The lowest BCUT2D eigenvalue weighted by Crippen LogP contribution is -2.29. The van der Waals surface area contributed by atoms with Gasteiger partial charge in [-0.15, -0.1) is 0 Å². The third-order valence-corrected chi connectivity index (χ3v) is 3.96. The van der Waals surface area contributed by atoms with Gasteiger partial charge in [0.05, 0.1) is 5.56 Å². The van der Waals surface area contributed by atoms with Gasteiger partial charge in [0.2, 0.25) is 0 Å². The van der Waals surface area contributed by atoms with Gasteiger partial charge in [0.15, 0.2) is 0 Å². The maximum Gasteiger partial charge on any atom is 0.416 e. The molecule has 1 aromatic carbocycles. The van der Waals surface area contributed by atoms with E-state index in [4.69, 9.17) is 4.74 Å². The van der Waals surface area contributed by atoms with Crippen LogP contribution in [0, 0.1) is 0 Å². The van der Waals surface area contributed by atoms with Gasteiger partial charge in [0.1, 0.15) is 5.60 Å². The quantitative estimate of drug-likeness (QED) is 0.611. The molecule has 0 radical (unpaired) electrons. The first-order valence-corrected chi connectivity index (χ1v) is 6.79. The number of rotatable bonds is 3. The number of esters is 1. The van der Waals surface area contributed by atoms with Crippen LogP contribution in [-0.4, -0.2) is 5.97 Å². The lowest BCUT2D eigenvalue weighted by atomic mass is 9.91. The highest BCUT2D eigenvalue weighted by molar-refractivity contribution is 5.87. The van der Waals surface area contributed by atoms with Crippen LogP contribution >= 0.6 is 0 Å². The molecule has 0 bridgehead atoms. The Morgan fingerprint density at radius 3 is 2.62 bits per heavy atom. The zero-order valence-electron chi connectivity index (χ0n) is 12.0. The van der Waals surface area contributed by atoms with Crippen molar-refractivity contribution in [3.05, 3.63) is 47.0 Å². The predicted molar refractivity (Wildman–Crippen MR) is 72.6 cm³/mol. The average molecular weight is 298 g/mol. The molecule has 1 aromatic rings. The minimum atomic E-state index is -4.40. The molecule has 0 fully saturated rings. The number of ether oxygens (including phenoxy) is 1. The molecule has 114 valence electrons. The fourth-order valence-corrected chi connectivity index (χ4v) is 2.82. The number of benzene rings is 1. The Balaban J connectivity index is 2.49. The Kier molecular flexibility index (Phi) is 3.87. The monoisotopic (exact) mass is 298 g/mol. The lowest BCUT2D eigenvalue weighted by molar-refractivity contribution is -0.156. The first kappa shape index (κ1) is 15.6. The van der Waals surface area contributed by atoms with E-state index >= 15 is 0 Å². The second-order valence-electron chi connectivity index (χ2n) is 5.35. The maximum absolute atomic E-state index is 13.1. The van der Waals surface area contributed by atoms with Crippen LogP contribution < -0.4 is 0 Å². The normalized spacial score (nSPS) is 21.0. The summed E-state index contributed by atoms with van der Waals surface area (Å²) in [7, 11) is 0. The Bertz CT molecular complexity index is 590. The molecular formula is C16H17F3O2. The summed E-state index contributed by atoms with van der Waals surface area (Å²) < 4.78 is 44.7. The van der Waals surface area contributed by atoms with Crippen molar-refractivity contribution in [2.75, 3.05) is 0 Å². The largest absolute Gasteiger partial charge is 0.451 e. The molecule has 0 aromatic heterocycles. The van der Waals surface area contributed by atoms with Crippen LogP contribution in [0.25, 0.3) is 0 Å². The maximum atomic E-state index is 13.1. The molecule has 1 unspecified atom stereocenters. The van der Waals surface area contributed by atoms with Crippen LogP contribution in [0.1, 0.15) is 43.4 Å². The molecule has 0 N–H and O–H groups in total. The van der Waals surface area contributed by atoms with Gasteiger partial charge in [-0.1, -0.05) is 25.6 Å². The highest BCUT2D eigenvalue weighted by Crippen LogP contribution is 2.47. The average Bonchev–Trinajstić information content (AvgIpc) is 2.77. The fraction of sp³-hybridized carbons (Fsp3) is 0.438.